The van der Waals surface area contributed by atoms with Crippen LogP contribution in [0.3, 0.4) is 0 Å². The van der Waals surface area contributed by atoms with Gasteiger partial charge in [-0.05, 0) is 28.9 Å². The highest BCUT2D eigenvalue weighted by Gasteiger charge is 2.12. The molecule has 2 heterocycles. The van der Waals surface area contributed by atoms with Crippen molar-refractivity contribution < 1.29 is 9.53 Å². The van der Waals surface area contributed by atoms with Crippen LogP contribution in [0.5, 0.6) is 0 Å². The molecule has 0 saturated heterocycles. The summed E-state index contributed by atoms with van der Waals surface area (Å²) < 4.78 is 5.63. The van der Waals surface area contributed by atoms with E-state index in [2.05, 4.69) is 30.9 Å². The Kier molecular flexibility index (Phi) is 2.68. The number of aromatic nitrogens is 3. The van der Waals surface area contributed by atoms with E-state index in [1.54, 1.807) is 19.2 Å². The minimum absolute atomic E-state index is 0.178. The smallest absolute Gasteiger partial charge is 0.374 e. The molecule has 0 aliphatic carbocycles. The summed E-state index contributed by atoms with van der Waals surface area (Å²) in [6, 6.07) is 1.78. The van der Waals surface area contributed by atoms with Crippen molar-refractivity contribution in [3.63, 3.8) is 0 Å². The summed E-state index contributed by atoms with van der Waals surface area (Å²) in [6.45, 7) is 2.07. The molecule has 0 bridgehead atoms. The van der Waals surface area contributed by atoms with Crippen LogP contribution in [0.2, 0.25) is 0 Å². The van der Waals surface area contributed by atoms with Crippen LogP contribution in [-0.4, -0.2) is 27.5 Å². The fourth-order valence-electron chi connectivity index (χ4n) is 1.17. The van der Waals surface area contributed by atoms with Gasteiger partial charge < -0.3 is 9.72 Å². The molecule has 2 rings (SSSR count). The first-order valence-corrected chi connectivity index (χ1v) is 5.18. The fourth-order valence-corrected chi connectivity index (χ4v) is 1.49. The summed E-state index contributed by atoms with van der Waals surface area (Å²) in [5.74, 6) is -0.288. The van der Waals surface area contributed by atoms with Crippen LogP contribution < -0.4 is 0 Å². The first-order chi connectivity index (χ1) is 7.20. The molecule has 0 fully saturated rings. The average molecular weight is 270 g/mol. The number of nitrogens with one attached hydrogen (secondary N) is 1. The first kappa shape index (κ1) is 10.1. The highest BCUT2D eigenvalue weighted by Crippen LogP contribution is 2.15. The lowest BCUT2D eigenvalue weighted by atomic mass is 10.4. The number of H-pyrrole nitrogens is 1. The monoisotopic (exact) mass is 269 g/mol. The van der Waals surface area contributed by atoms with E-state index in [9.17, 15) is 4.79 Å². The summed E-state index contributed by atoms with van der Waals surface area (Å²) in [7, 11) is 0. The molecule has 0 radical (unpaired) electrons. The number of ether oxygens (including phenoxy) is 1. The fraction of sp³-hybridized carbons (Fsp3) is 0.222. The summed E-state index contributed by atoms with van der Waals surface area (Å²) in [5.41, 5.74) is 1.20. The number of carbonyl (C=O) groups is 1. The van der Waals surface area contributed by atoms with Gasteiger partial charge >= 0.3 is 5.97 Å². The molecule has 0 saturated carbocycles. The zero-order chi connectivity index (χ0) is 10.8. The number of imidazole rings is 1. The first-order valence-electron chi connectivity index (χ1n) is 4.39. The van der Waals surface area contributed by atoms with E-state index >= 15 is 0 Å². The van der Waals surface area contributed by atoms with Gasteiger partial charge in [0.25, 0.3) is 0 Å². The third-order valence-electron chi connectivity index (χ3n) is 1.77. The van der Waals surface area contributed by atoms with Crippen molar-refractivity contribution in [3.8, 4) is 0 Å². The molecule has 6 heteroatoms. The van der Waals surface area contributed by atoms with E-state index in [4.69, 9.17) is 4.74 Å². The average Bonchev–Trinajstić information content (AvgIpc) is 2.60. The van der Waals surface area contributed by atoms with Crippen LogP contribution in [0, 0.1) is 0 Å². The Balaban J connectivity index is 2.42. The van der Waals surface area contributed by atoms with Crippen LogP contribution in [0.4, 0.5) is 0 Å². The molecule has 15 heavy (non-hydrogen) atoms. The highest BCUT2D eigenvalue weighted by atomic mass is 79.9. The summed E-state index contributed by atoms with van der Waals surface area (Å²) in [4.78, 5) is 22.3. The van der Waals surface area contributed by atoms with Gasteiger partial charge in [0.15, 0.2) is 5.65 Å². The van der Waals surface area contributed by atoms with Crippen LogP contribution >= 0.6 is 15.9 Å². The maximum Gasteiger partial charge on any atom is 0.374 e. The minimum atomic E-state index is -0.466. The number of carbonyl (C=O) groups excluding carboxylic acids is 1. The second-order valence-corrected chi connectivity index (χ2v) is 3.74. The third kappa shape index (κ3) is 1.99. The number of esters is 1. The molecule has 0 aliphatic heterocycles. The van der Waals surface area contributed by atoms with Gasteiger partial charge in [-0.15, -0.1) is 0 Å². The van der Waals surface area contributed by atoms with E-state index < -0.39 is 5.97 Å². The SMILES string of the molecule is CCOC(=O)c1nc2cc(Br)cnc2[nH]1. The van der Waals surface area contributed by atoms with E-state index in [0.29, 0.717) is 17.8 Å². The molecule has 78 valence electrons. The molecule has 0 atom stereocenters. The number of rotatable bonds is 2. The number of halogens is 1. The van der Waals surface area contributed by atoms with Gasteiger partial charge in [-0.3, -0.25) is 0 Å². The number of aromatic amines is 1. The predicted octanol–water partition coefficient (Wildman–Crippen LogP) is 1.90. The van der Waals surface area contributed by atoms with Crippen molar-refractivity contribution in [1.29, 1.82) is 0 Å². The van der Waals surface area contributed by atoms with Crippen molar-refractivity contribution in [3.05, 3.63) is 22.6 Å². The summed E-state index contributed by atoms with van der Waals surface area (Å²) in [5, 5.41) is 0. The van der Waals surface area contributed by atoms with Crippen molar-refractivity contribution in [2.45, 2.75) is 6.92 Å². The van der Waals surface area contributed by atoms with Crippen molar-refractivity contribution in [2.24, 2.45) is 0 Å². The van der Waals surface area contributed by atoms with Crippen LogP contribution in [0.25, 0.3) is 11.2 Å². The van der Waals surface area contributed by atoms with Gasteiger partial charge in [0.2, 0.25) is 5.82 Å². The largest absolute Gasteiger partial charge is 0.460 e. The molecular formula is C9H8BrN3O2. The second kappa shape index (κ2) is 3.98. The Hall–Kier alpha value is -1.43. The highest BCUT2D eigenvalue weighted by molar-refractivity contribution is 9.10. The quantitative estimate of drug-likeness (QED) is 0.846. The minimum Gasteiger partial charge on any atom is -0.460 e. The molecular weight excluding hydrogens is 262 g/mol. The van der Waals surface area contributed by atoms with Gasteiger partial charge in [0.1, 0.15) is 5.52 Å². The molecule has 5 nitrogen and oxygen atoms in total. The van der Waals surface area contributed by atoms with Gasteiger partial charge in [-0.2, -0.15) is 0 Å². The Morgan fingerprint density at radius 2 is 2.47 bits per heavy atom. The maximum absolute atomic E-state index is 11.3. The normalized spacial score (nSPS) is 10.5. The second-order valence-electron chi connectivity index (χ2n) is 2.83. The predicted molar refractivity (Wildman–Crippen MR) is 57.5 cm³/mol. The Morgan fingerprint density at radius 3 is 3.20 bits per heavy atom. The Labute approximate surface area is 94.0 Å². The zero-order valence-electron chi connectivity index (χ0n) is 7.95. The molecule has 1 N–H and O–H groups in total. The van der Waals surface area contributed by atoms with E-state index in [0.717, 1.165) is 4.47 Å². The molecule has 0 aromatic carbocycles. The summed E-state index contributed by atoms with van der Waals surface area (Å²) in [6.07, 6.45) is 1.63. The molecule has 0 spiro atoms. The summed E-state index contributed by atoms with van der Waals surface area (Å²) >= 11 is 3.28. The Morgan fingerprint density at radius 1 is 1.67 bits per heavy atom. The molecule has 0 unspecified atom stereocenters. The molecule has 2 aromatic rings. The lowest BCUT2D eigenvalue weighted by Gasteiger charge is -1.95. The topological polar surface area (TPSA) is 67.9 Å². The number of hydrogen-bond acceptors (Lipinski definition) is 4. The van der Waals surface area contributed by atoms with Crippen molar-refractivity contribution >= 4 is 33.1 Å². The lowest BCUT2D eigenvalue weighted by Crippen LogP contribution is -2.06. The number of hydrogen-bond donors (Lipinski definition) is 1. The number of nitrogens with zero attached hydrogens (tertiary/aromatic N) is 2. The van der Waals surface area contributed by atoms with Gasteiger partial charge in [-0.1, -0.05) is 0 Å². The van der Waals surface area contributed by atoms with Crippen LogP contribution in [-0.2, 0) is 4.74 Å². The standard InChI is InChI=1S/C9H8BrN3O2/c1-2-15-9(14)8-12-6-3-5(10)4-11-7(6)13-8/h3-4H,2H2,1H3,(H,11,12,13). The van der Waals surface area contributed by atoms with Gasteiger partial charge in [0, 0.05) is 10.7 Å². The molecule has 0 aliphatic rings. The Bertz CT molecular complexity index is 509. The van der Waals surface area contributed by atoms with Gasteiger partial charge in [0.05, 0.1) is 6.61 Å². The number of fused-ring (bicyclic) bond motifs is 1. The van der Waals surface area contributed by atoms with E-state index in [1.165, 1.54) is 0 Å². The van der Waals surface area contributed by atoms with Crippen LogP contribution in [0.1, 0.15) is 17.5 Å². The number of pyridine rings is 1. The third-order valence-corrected chi connectivity index (χ3v) is 2.21. The zero-order valence-corrected chi connectivity index (χ0v) is 9.54. The van der Waals surface area contributed by atoms with Crippen molar-refractivity contribution in [1.82, 2.24) is 15.0 Å². The molecule has 2 aromatic heterocycles. The van der Waals surface area contributed by atoms with E-state index in [-0.39, 0.29) is 5.82 Å². The maximum atomic E-state index is 11.3. The molecule has 0 amide bonds. The van der Waals surface area contributed by atoms with Crippen LogP contribution in [0.15, 0.2) is 16.7 Å². The van der Waals surface area contributed by atoms with Gasteiger partial charge in [-0.25, -0.2) is 14.8 Å². The van der Waals surface area contributed by atoms with Crippen molar-refractivity contribution in [2.75, 3.05) is 6.61 Å². The lowest BCUT2D eigenvalue weighted by molar-refractivity contribution is 0.0513. The van der Waals surface area contributed by atoms with E-state index in [1.807, 2.05) is 0 Å².